The summed E-state index contributed by atoms with van der Waals surface area (Å²) in [6, 6.07) is 36.0. The number of rotatable bonds is 2. The Labute approximate surface area is 207 Å². The normalized spacial score (nSPS) is 13.3. The van der Waals surface area contributed by atoms with E-state index >= 15 is 0 Å². The average Bonchev–Trinajstić information content (AvgIpc) is 3.58. The van der Waals surface area contributed by atoms with Crippen molar-refractivity contribution in [1.29, 1.82) is 0 Å². The van der Waals surface area contributed by atoms with Gasteiger partial charge in [-0.05, 0) is 98.4 Å². The fraction of sp³-hybridized carbons (Fsp3) is 0. The second kappa shape index (κ2) is 6.50. The van der Waals surface area contributed by atoms with E-state index in [1.807, 2.05) is 0 Å². The highest BCUT2D eigenvalue weighted by molar-refractivity contribution is 6.35. The number of hydrogen-bond donors (Lipinski definition) is 0. The molecule has 0 aromatic heterocycles. The minimum Gasteiger partial charge on any atom is -0.0622 e. The molecule has 0 amide bonds. The second-order valence-electron chi connectivity index (χ2n) is 10.1. The molecule has 36 heavy (non-hydrogen) atoms. The molecule has 0 spiro atoms. The summed E-state index contributed by atoms with van der Waals surface area (Å²) < 4.78 is 0. The second-order valence-corrected chi connectivity index (χ2v) is 10.1. The molecule has 0 saturated carbocycles. The van der Waals surface area contributed by atoms with Crippen LogP contribution in [0.4, 0.5) is 0 Å². The van der Waals surface area contributed by atoms with Gasteiger partial charge in [-0.15, -0.1) is 0 Å². The van der Waals surface area contributed by atoms with Gasteiger partial charge in [0, 0.05) is 0 Å². The third-order valence-electron chi connectivity index (χ3n) is 8.32. The lowest BCUT2D eigenvalue weighted by Gasteiger charge is -2.18. The van der Waals surface area contributed by atoms with Crippen LogP contribution < -0.4 is 20.9 Å². The lowest BCUT2D eigenvalue weighted by Crippen LogP contribution is -2.15. The Balaban J connectivity index is 1.62. The van der Waals surface area contributed by atoms with Crippen LogP contribution in [0.1, 0.15) is 0 Å². The van der Waals surface area contributed by atoms with Crippen LogP contribution in [0.5, 0.6) is 0 Å². The van der Waals surface area contributed by atoms with Crippen LogP contribution >= 0.6 is 0 Å². The third kappa shape index (κ3) is 2.20. The minimum absolute atomic E-state index is 1.27. The standard InChI is InChI=1S/C36H20/c1-3-7-21(8-4-1)29-19-31-27-15-13-23-11-12-24-14-16-28(34(27)33(23)24)32-20-30(22-9-5-2-6-10-22)26-18-17-25(29)35(26)36(31)32/h1-20H. The molecule has 0 saturated heterocycles. The van der Waals surface area contributed by atoms with Crippen molar-refractivity contribution in [1.82, 2.24) is 0 Å². The Bertz CT molecular complexity index is 2160. The van der Waals surface area contributed by atoms with Gasteiger partial charge in [0.1, 0.15) is 0 Å². The smallest absolute Gasteiger partial charge is 0.00134 e. The Morgan fingerprint density at radius 1 is 0.333 bits per heavy atom. The molecular weight excluding hydrogens is 432 g/mol. The quantitative estimate of drug-likeness (QED) is 0.216. The van der Waals surface area contributed by atoms with Crippen LogP contribution in [0, 0.1) is 0 Å². The maximum atomic E-state index is 2.45. The van der Waals surface area contributed by atoms with Gasteiger partial charge in [-0.3, -0.25) is 0 Å². The van der Waals surface area contributed by atoms with E-state index in [0.717, 1.165) is 0 Å². The van der Waals surface area contributed by atoms with Crippen molar-refractivity contribution >= 4 is 67.4 Å². The first kappa shape index (κ1) is 18.6. The van der Waals surface area contributed by atoms with Gasteiger partial charge in [0.25, 0.3) is 0 Å². The van der Waals surface area contributed by atoms with Crippen molar-refractivity contribution in [3.05, 3.63) is 118 Å². The van der Waals surface area contributed by atoms with E-state index in [1.54, 1.807) is 0 Å². The molecule has 0 N–H and O–H groups in total. The van der Waals surface area contributed by atoms with Crippen molar-refractivity contribution in [3.63, 3.8) is 0 Å². The van der Waals surface area contributed by atoms with Gasteiger partial charge in [0.15, 0.2) is 0 Å². The molecule has 2 aliphatic rings. The zero-order chi connectivity index (χ0) is 23.4. The highest BCUT2D eigenvalue weighted by atomic mass is 14.2. The molecule has 2 aliphatic carbocycles. The van der Waals surface area contributed by atoms with E-state index in [1.165, 1.54) is 86.2 Å². The summed E-state index contributed by atoms with van der Waals surface area (Å²) in [5.41, 5.74) is 5.17. The topological polar surface area (TPSA) is 0 Å². The molecule has 0 heteroatoms. The Morgan fingerprint density at radius 2 is 0.806 bits per heavy atom. The SMILES string of the molecule is C1=c2ccc3c4cc(-c5ccccc5)c5c6c(c(-c7ccccc7)cc(c7ccc(c2c37)=C1)c64)=CC=5. The van der Waals surface area contributed by atoms with Gasteiger partial charge in [0.05, 0.1) is 0 Å². The van der Waals surface area contributed by atoms with Gasteiger partial charge >= 0.3 is 0 Å². The molecule has 7 aromatic carbocycles. The molecule has 9 rings (SSSR count). The lowest BCUT2D eigenvalue weighted by molar-refractivity contribution is 1.60. The highest BCUT2D eigenvalue weighted by Crippen LogP contribution is 2.40. The average molecular weight is 453 g/mol. The van der Waals surface area contributed by atoms with E-state index in [-0.39, 0.29) is 0 Å². The van der Waals surface area contributed by atoms with E-state index < -0.39 is 0 Å². The van der Waals surface area contributed by atoms with E-state index in [0.29, 0.717) is 0 Å². The molecule has 0 radical (unpaired) electrons. The molecular formula is C36H20. The molecule has 7 aromatic rings. The maximum Gasteiger partial charge on any atom is -0.00134 e. The van der Waals surface area contributed by atoms with Crippen molar-refractivity contribution in [2.45, 2.75) is 0 Å². The molecule has 0 nitrogen and oxygen atoms in total. The highest BCUT2D eigenvalue weighted by Gasteiger charge is 2.21. The van der Waals surface area contributed by atoms with Crippen LogP contribution in [0.15, 0.2) is 97.1 Å². The van der Waals surface area contributed by atoms with Crippen molar-refractivity contribution in [2.24, 2.45) is 0 Å². The Hall–Kier alpha value is -4.68. The van der Waals surface area contributed by atoms with Gasteiger partial charge in [-0.2, -0.15) is 0 Å². The van der Waals surface area contributed by atoms with Crippen LogP contribution in [0.3, 0.4) is 0 Å². The maximum absolute atomic E-state index is 2.45. The van der Waals surface area contributed by atoms with Crippen molar-refractivity contribution in [2.75, 3.05) is 0 Å². The Morgan fingerprint density at radius 3 is 1.31 bits per heavy atom. The predicted octanol–water partition coefficient (Wildman–Crippen LogP) is 6.22. The molecule has 0 fully saturated rings. The first-order chi connectivity index (χ1) is 17.9. The minimum atomic E-state index is 1.27. The third-order valence-corrected chi connectivity index (χ3v) is 8.32. The van der Waals surface area contributed by atoms with Crippen molar-refractivity contribution in [3.8, 4) is 22.3 Å². The van der Waals surface area contributed by atoms with Gasteiger partial charge in [0.2, 0.25) is 0 Å². The summed E-state index contributed by atoms with van der Waals surface area (Å²) in [5.74, 6) is 0. The number of hydrogen-bond acceptors (Lipinski definition) is 0. The molecule has 0 bridgehead atoms. The fourth-order valence-corrected chi connectivity index (χ4v) is 6.79. The summed E-state index contributed by atoms with van der Waals surface area (Å²) in [7, 11) is 0. The largest absolute Gasteiger partial charge is 0.0622 e. The molecule has 0 aliphatic heterocycles. The molecule has 164 valence electrons. The van der Waals surface area contributed by atoms with Crippen LogP contribution in [0.2, 0.25) is 0 Å². The van der Waals surface area contributed by atoms with E-state index in [9.17, 15) is 0 Å². The van der Waals surface area contributed by atoms with Crippen LogP contribution in [-0.2, 0) is 0 Å². The lowest BCUT2D eigenvalue weighted by atomic mass is 9.84. The predicted molar refractivity (Wildman–Crippen MR) is 155 cm³/mol. The van der Waals surface area contributed by atoms with Gasteiger partial charge in [-0.1, -0.05) is 109 Å². The summed E-state index contributed by atoms with van der Waals surface area (Å²) in [5, 5.41) is 16.3. The molecule has 0 heterocycles. The van der Waals surface area contributed by atoms with E-state index in [4.69, 9.17) is 0 Å². The van der Waals surface area contributed by atoms with E-state index in [2.05, 4.69) is 121 Å². The fourth-order valence-electron chi connectivity index (χ4n) is 6.79. The monoisotopic (exact) mass is 452 g/mol. The first-order valence-electron chi connectivity index (χ1n) is 12.6. The summed E-state index contributed by atoms with van der Waals surface area (Å²) in [6.07, 6.45) is 9.20. The Kier molecular flexibility index (Phi) is 3.36. The summed E-state index contributed by atoms with van der Waals surface area (Å²) in [6.45, 7) is 0. The molecule has 0 atom stereocenters. The molecule has 0 unspecified atom stereocenters. The zero-order valence-corrected chi connectivity index (χ0v) is 19.5. The number of fused-ring (bicyclic) bond motifs is 2. The summed E-state index contributed by atoms with van der Waals surface area (Å²) in [4.78, 5) is 0. The van der Waals surface area contributed by atoms with Crippen LogP contribution in [0.25, 0.3) is 89.6 Å². The van der Waals surface area contributed by atoms with Crippen LogP contribution in [-0.4, -0.2) is 0 Å². The number of benzene rings is 7. The summed E-state index contributed by atoms with van der Waals surface area (Å²) >= 11 is 0. The van der Waals surface area contributed by atoms with Gasteiger partial charge < -0.3 is 0 Å². The zero-order valence-electron chi connectivity index (χ0n) is 19.5. The first-order valence-corrected chi connectivity index (χ1v) is 12.6. The van der Waals surface area contributed by atoms with Crippen molar-refractivity contribution < 1.29 is 0 Å². The van der Waals surface area contributed by atoms with Gasteiger partial charge in [-0.25, -0.2) is 0 Å².